The summed E-state index contributed by atoms with van der Waals surface area (Å²) < 4.78 is 35.8. The first kappa shape index (κ1) is 16.4. The summed E-state index contributed by atoms with van der Waals surface area (Å²) in [6.07, 6.45) is 2.80. The molecule has 0 aliphatic rings. The van der Waals surface area contributed by atoms with Gasteiger partial charge in [-0.2, -0.15) is 0 Å². The molecule has 1 aromatic heterocycles. The summed E-state index contributed by atoms with van der Waals surface area (Å²) in [5.74, 6) is 0. The van der Waals surface area contributed by atoms with E-state index in [1.165, 1.54) is 5.56 Å². The van der Waals surface area contributed by atoms with Gasteiger partial charge in [-0.15, -0.1) is 10.2 Å². The highest BCUT2D eigenvalue weighted by molar-refractivity contribution is 5.19. The standard InChI is InChI=1S/C13H14NO.ClHO4/c1-15-14-10-6-5-9-13(14)11-12-7-3-2-4-8-12;2-1(3,4)5/h2-10H,11H2,1H3;(H,2,3,4,5)/q+1;/p-1. The topological polar surface area (TPSA) is 105 Å². The maximum absolute atomic E-state index is 8.49. The molecule has 0 fully saturated rings. The van der Waals surface area contributed by atoms with Crippen molar-refractivity contribution in [3.8, 4) is 0 Å². The van der Waals surface area contributed by atoms with Crippen molar-refractivity contribution in [2.45, 2.75) is 6.42 Å². The van der Waals surface area contributed by atoms with E-state index in [2.05, 4.69) is 30.3 Å². The molecular formula is C13H14ClNO5. The molecule has 0 aliphatic heterocycles. The maximum Gasteiger partial charge on any atom is 0.238 e. The molecule has 0 spiro atoms. The second-order valence-corrected chi connectivity index (χ2v) is 4.50. The summed E-state index contributed by atoms with van der Waals surface area (Å²) in [5, 5.41) is 0. The lowest BCUT2D eigenvalue weighted by molar-refractivity contribution is -2.00. The third kappa shape index (κ3) is 7.03. The normalized spacial score (nSPS) is 10.4. The highest BCUT2D eigenvalue weighted by Crippen LogP contribution is 2.04. The summed E-state index contributed by atoms with van der Waals surface area (Å²) in [4.78, 5) is 5.23. The van der Waals surface area contributed by atoms with Crippen LogP contribution in [0.2, 0.25) is 0 Å². The number of pyridine rings is 1. The van der Waals surface area contributed by atoms with Gasteiger partial charge in [-0.05, 0) is 11.6 Å². The first-order valence-corrected chi connectivity index (χ1v) is 6.83. The van der Waals surface area contributed by atoms with Crippen LogP contribution in [0.1, 0.15) is 11.3 Å². The van der Waals surface area contributed by atoms with Gasteiger partial charge in [0.2, 0.25) is 11.9 Å². The first-order valence-electron chi connectivity index (χ1n) is 5.60. The number of hydrogen-bond acceptors (Lipinski definition) is 5. The lowest BCUT2D eigenvalue weighted by Gasteiger charge is -2.17. The fourth-order valence-electron chi connectivity index (χ4n) is 1.58. The molecule has 0 saturated carbocycles. The number of hydrogen-bond donors (Lipinski definition) is 0. The van der Waals surface area contributed by atoms with Crippen molar-refractivity contribution in [2.24, 2.45) is 0 Å². The molecule has 0 aliphatic carbocycles. The van der Waals surface area contributed by atoms with Gasteiger partial charge in [-0.1, -0.05) is 30.3 Å². The molecule has 0 amide bonds. The smallest absolute Gasteiger partial charge is 0.238 e. The van der Waals surface area contributed by atoms with Crippen LogP contribution in [-0.4, -0.2) is 7.11 Å². The maximum atomic E-state index is 8.49. The van der Waals surface area contributed by atoms with Gasteiger partial charge in [0.25, 0.3) is 0 Å². The zero-order valence-corrected chi connectivity index (χ0v) is 11.5. The average Bonchev–Trinajstić information content (AvgIpc) is 2.39. The Balaban J connectivity index is 0.000000347. The van der Waals surface area contributed by atoms with E-state index < -0.39 is 10.2 Å². The molecule has 6 nitrogen and oxygen atoms in total. The van der Waals surface area contributed by atoms with Crippen molar-refractivity contribution in [2.75, 3.05) is 7.11 Å². The minimum Gasteiger partial charge on any atom is -0.274 e. The molecule has 2 aromatic rings. The lowest BCUT2D eigenvalue weighted by Crippen LogP contribution is -2.68. The third-order valence-electron chi connectivity index (χ3n) is 2.33. The minimum absolute atomic E-state index is 0.884. The molecule has 108 valence electrons. The quantitative estimate of drug-likeness (QED) is 0.557. The summed E-state index contributed by atoms with van der Waals surface area (Å²) >= 11 is 0. The fourth-order valence-corrected chi connectivity index (χ4v) is 1.58. The molecule has 1 aromatic carbocycles. The van der Waals surface area contributed by atoms with Crippen LogP contribution in [-0.2, 0) is 6.42 Å². The Morgan fingerprint density at radius 3 is 2.05 bits per heavy atom. The van der Waals surface area contributed by atoms with Crippen molar-refractivity contribution >= 4 is 0 Å². The predicted octanol–water partition coefficient (Wildman–Crippen LogP) is -3.13. The lowest BCUT2D eigenvalue weighted by atomic mass is 10.1. The van der Waals surface area contributed by atoms with Crippen LogP contribution in [0.4, 0.5) is 0 Å². The number of benzene rings is 1. The monoisotopic (exact) mass is 299 g/mol. The molecule has 0 atom stereocenters. The van der Waals surface area contributed by atoms with E-state index in [-0.39, 0.29) is 0 Å². The fraction of sp³-hybridized carbons (Fsp3) is 0.154. The molecular weight excluding hydrogens is 286 g/mol. The Hall–Kier alpha value is -1.70. The van der Waals surface area contributed by atoms with Crippen molar-refractivity contribution in [1.29, 1.82) is 0 Å². The Kier molecular flexibility index (Phi) is 6.37. The second-order valence-electron chi connectivity index (χ2n) is 3.74. The van der Waals surface area contributed by atoms with Crippen molar-refractivity contribution < 1.29 is 38.4 Å². The summed E-state index contributed by atoms with van der Waals surface area (Å²) in [7, 11) is -3.27. The molecule has 7 heteroatoms. The number of halogens is 1. The number of aromatic nitrogens is 1. The molecule has 0 bridgehead atoms. The number of nitrogens with zero attached hydrogens (tertiary/aromatic N) is 1. The van der Waals surface area contributed by atoms with E-state index in [1.807, 2.05) is 24.4 Å². The van der Waals surface area contributed by atoms with E-state index in [0.29, 0.717) is 0 Å². The Bertz CT molecular complexity index is 510. The Morgan fingerprint density at radius 2 is 1.50 bits per heavy atom. The van der Waals surface area contributed by atoms with Crippen LogP contribution < -0.4 is 28.2 Å². The molecule has 0 saturated heterocycles. The molecule has 0 unspecified atom stereocenters. The van der Waals surface area contributed by atoms with E-state index in [1.54, 1.807) is 11.8 Å². The van der Waals surface area contributed by atoms with Crippen molar-refractivity contribution in [3.05, 3.63) is 66.0 Å². The third-order valence-corrected chi connectivity index (χ3v) is 2.33. The Morgan fingerprint density at radius 1 is 0.950 bits per heavy atom. The van der Waals surface area contributed by atoms with Crippen LogP contribution in [0.5, 0.6) is 0 Å². The zero-order valence-electron chi connectivity index (χ0n) is 10.8. The highest BCUT2D eigenvalue weighted by atomic mass is 35.7. The van der Waals surface area contributed by atoms with Gasteiger partial charge < -0.3 is 0 Å². The van der Waals surface area contributed by atoms with Gasteiger partial charge in [0.05, 0.1) is 6.42 Å². The van der Waals surface area contributed by atoms with Crippen molar-refractivity contribution in [3.63, 3.8) is 0 Å². The van der Waals surface area contributed by atoms with Gasteiger partial charge >= 0.3 is 0 Å². The van der Waals surface area contributed by atoms with E-state index >= 15 is 0 Å². The summed E-state index contributed by atoms with van der Waals surface area (Å²) in [6, 6.07) is 16.4. The highest BCUT2D eigenvalue weighted by Gasteiger charge is 2.09. The van der Waals surface area contributed by atoms with Crippen LogP contribution in [0.15, 0.2) is 54.7 Å². The zero-order chi connectivity index (χ0) is 15.0. The first-order chi connectivity index (χ1) is 9.40. The molecule has 0 N–H and O–H groups in total. The van der Waals surface area contributed by atoms with Crippen LogP contribution >= 0.6 is 0 Å². The van der Waals surface area contributed by atoms with Crippen LogP contribution in [0.25, 0.3) is 0 Å². The van der Waals surface area contributed by atoms with Gasteiger partial charge in [-0.3, -0.25) is 4.84 Å². The largest absolute Gasteiger partial charge is 0.274 e. The van der Waals surface area contributed by atoms with E-state index in [4.69, 9.17) is 23.5 Å². The average molecular weight is 300 g/mol. The van der Waals surface area contributed by atoms with E-state index in [0.717, 1.165) is 12.1 Å². The molecule has 20 heavy (non-hydrogen) atoms. The molecule has 1 heterocycles. The van der Waals surface area contributed by atoms with Gasteiger partial charge in [0, 0.05) is 16.9 Å². The van der Waals surface area contributed by atoms with Crippen molar-refractivity contribution in [1.82, 2.24) is 0 Å². The number of rotatable bonds is 3. The second kappa shape index (κ2) is 7.78. The molecule has 2 rings (SSSR count). The Labute approximate surface area is 118 Å². The SMILES string of the molecule is CO[n+]1ccccc1Cc1ccccc1.[O-][Cl+3]([O-])([O-])[O-]. The molecule has 0 radical (unpaired) electrons. The summed E-state index contributed by atoms with van der Waals surface area (Å²) in [5.41, 5.74) is 2.43. The minimum atomic E-state index is -4.94. The van der Waals surface area contributed by atoms with E-state index in [9.17, 15) is 0 Å². The van der Waals surface area contributed by atoms with Crippen LogP contribution in [0, 0.1) is 10.2 Å². The van der Waals surface area contributed by atoms with Gasteiger partial charge in [0.1, 0.15) is 7.11 Å². The summed E-state index contributed by atoms with van der Waals surface area (Å²) in [6.45, 7) is 0. The van der Waals surface area contributed by atoms with Gasteiger partial charge in [0.15, 0.2) is 0 Å². The van der Waals surface area contributed by atoms with Gasteiger partial charge in [-0.25, -0.2) is 18.6 Å². The van der Waals surface area contributed by atoms with Crippen LogP contribution in [0.3, 0.4) is 0 Å². The predicted molar refractivity (Wildman–Crippen MR) is 58.4 cm³/mol.